The van der Waals surface area contributed by atoms with Gasteiger partial charge in [-0.15, -0.1) is 0 Å². The predicted octanol–water partition coefficient (Wildman–Crippen LogP) is 1.90. The first-order valence-electron chi connectivity index (χ1n) is 5.67. The summed E-state index contributed by atoms with van der Waals surface area (Å²) in [6.07, 6.45) is 1.88. The summed E-state index contributed by atoms with van der Waals surface area (Å²) in [4.78, 5) is 2.14. The Morgan fingerprint density at radius 3 is 2.06 bits per heavy atom. The van der Waals surface area contributed by atoms with Gasteiger partial charge in [-0.05, 0) is 33.5 Å². The topological polar surface area (TPSA) is 41.9 Å². The van der Waals surface area contributed by atoms with Crippen molar-refractivity contribution in [2.75, 3.05) is 34.9 Å². The van der Waals surface area contributed by atoms with E-state index in [9.17, 15) is 5.11 Å². The van der Waals surface area contributed by atoms with Crippen molar-refractivity contribution in [1.29, 1.82) is 0 Å². The molecule has 0 amide bonds. The lowest BCUT2D eigenvalue weighted by Gasteiger charge is -2.15. The highest BCUT2D eigenvalue weighted by molar-refractivity contribution is 5.50. The fourth-order valence-electron chi connectivity index (χ4n) is 1.79. The third-order valence-electron chi connectivity index (χ3n) is 2.62. The third kappa shape index (κ3) is 3.82. The lowest BCUT2D eigenvalue weighted by molar-refractivity contribution is 0.368. The maximum absolute atomic E-state index is 9.53. The molecule has 1 aromatic rings. The number of hydrogen-bond acceptors (Lipinski definition) is 4. The molecule has 1 rings (SSSR count). The van der Waals surface area contributed by atoms with Crippen molar-refractivity contribution in [1.82, 2.24) is 4.90 Å². The van der Waals surface area contributed by atoms with Crippen LogP contribution in [0.15, 0.2) is 12.1 Å². The van der Waals surface area contributed by atoms with Gasteiger partial charge in [0.25, 0.3) is 0 Å². The summed E-state index contributed by atoms with van der Waals surface area (Å²) >= 11 is 0. The summed E-state index contributed by atoms with van der Waals surface area (Å²) in [6, 6.07) is 3.24. The van der Waals surface area contributed by atoms with Gasteiger partial charge in [0.15, 0.2) is 0 Å². The summed E-state index contributed by atoms with van der Waals surface area (Å²) in [5.41, 5.74) is 1.01. The first kappa shape index (κ1) is 13.6. The Labute approximate surface area is 103 Å². The van der Waals surface area contributed by atoms with Crippen LogP contribution in [0.4, 0.5) is 0 Å². The van der Waals surface area contributed by atoms with E-state index in [0.29, 0.717) is 11.5 Å². The van der Waals surface area contributed by atoms with Gasteiger partial charge in [-0.3, -0.25) is 0 Å². The number of nitrogens with zero attached hydrogens (tertiary/aromatic N) is 1. The Kier molecular flexibility index (Phi) is 5.10. The van der Waals surface area contributed by atoms with Crippen LogP contribution in [-0.4, -0.2) is 44.9 Å². The Hall–Kier alpha value is -1.42. The molecule has 0 aromatic heterocycles. The number of ether oxygens (including phenoxy) is 2. The predicted molar refractivity (Wildman–Crippen MR) is 68.1 cm³/mol. The van der Waals surface area contributed by atoms with Gasteiger partial charge in [-0.25, -0.2) is 0 Å². The van der Waals surface area contributed by atoms with Crippen molar-refractivity contribution in [2.45, 2.75) is 12.8 Å². The normalized spacial score (nSPS) is 10.6. The van der Waals surface area contributed by atoms with Gasteiger partial charge in [-0.2, -0.15) is 0 Å². The molecule has 0 unspecified atom stereocenters. The number of hydrogen-bond donors (Lipinski definition) is 1. The molecule has 0 aliphatic carbocycles. The number of benzene rings is 1. The van der Waals surface area contributed by atoms with Crippen molar-refractivity contribution >= 4 is 0 Å². The largest absolute Gasteiger partial charge is 0.508 e. The van der Waals surface area contributed by atoms with Crippen LogP contribution >= 0.6 is 0 Å². The van der Waals surface area contributed by atoms with Crippen molar-refractivity contribution < 1.29 is 14.6 Å². The van der Waals surface area contributed by atoms with E-state index in [2.05, 4.69) is 4.90 Å². The second kappa shape index (κ2) is 6.35. The van der Waals surface area contributed by atoms with Crippen LogP contribution in [0.1, 0.15) is 12.0 Å². The minimum Gasteiger partial charge on any atom is -0.508 e. The fraction of sp³-hybridized carbons (Fsp3) is 0.538. The molecule has 0 saturated heterocycles. The molecule has 4 heteroatoms. The number of phenolic OH excluding ortho intramolecular Hbond substituents is 1. The van der Waals surface area contributed by atoms with Crippen molar-refractivity contribution in [3.05, 3.63) is 17.7 Å². The Bertz CT molecular complexity index is 339. The van der Waals surface area contributed by atoms with Crippen molar-refractivity contribution in [2.24, 2.45) is 0 Å². The zero-order valence-corrected chi connectivity index (χ0v) is 11.0. The van der Waals surface area contributed by atoms with Crippen LogP contribution in [0, 0.1) is 0 Å². The monoisotopic (exact) mass is 239 g/mol. The third-order valence-corrected chi connectivity index (χ3v) is 2.62. The van der Waals surface area contributed by atoms with Crippen LogP contribution in [0.3, 0.4) is 0 Å². The molecule has 1 N–H and O–H groups in total. The average Bonchev–Trinajstić information content (AvgIpc) is 2.29. The number of phenols is 1. The van der Waals surface area contributed by atoms with Crippen LogP contribution in [0.5, 0.6) is 17.2 Å². The number of rotatable bonds is 6. The number of methoxy groups -OCH3 is 2. The van der Waals surface area contributed by atoms with Gasteiger partial charge in [0, 0.05) is 17.7 Å². The van der Waals surface area contributed by atoms with E-state index in [-0.39, 0.29) is 5.75 Å². The SMILES string of the molecule is COc1cc(O)cc(OC)c1CCCN(C)C. The Balaban J connectivity index is 2.87. The molecule has 96 valence electrons. The van der Waals surface area contributed by atoms with Crippen molar-refractivity contribution in [3.63, 3.8) is 0 Å². The van der Waals surface area contributed by atoms with E-state index >= 15 is 0 Å². The maximum Gasteiger partial charge on any atom is 0.129 e. The lowest BCUT2D eigenvalue weighted by atomic mass is 10.1. The molecule has 0 fully saturated rings. The average molecular weight is 239 g/mol. The Morgan fingerprint density at radius 1 is 1.12 bits per heavy atom. The molecule has 0 heterocycles. The molecule has 0 aliphatic rings. The minimum atomic E-state index is 0.162. The van der Waals surface area contributed by atoms with Gasteiger partial charge in [0.1, 0.15) is 17.2 Å². The summed E-state index contributed by atoms with van der Waals surface area (Å²) < 4.78 is 10.5. The van der Waals surface area contributed by atoms with Gasteiger partial charge in [0.2, 0.25) is 0 Å². The van der Waals surface area contributed by atoms with Gasteiger partial charge in [0.05, 0.1) is 14.2 Å². The van der Waals surface area contributed by atoms with E-state index in [0.717, 1.165) is 24.9 Å². The minimum absolute atomic E-state index is 0.162. The molecule has 0 saturated carbocycles. The highest BCUT2D eigenvalue weighted by atomic mass is 16.5. The number of aromatic hydroxyl groups is 1. The van der Waals surface area contributed by atoms with E-state index < -0.39 is 0 Å². The van der Waals surface area contributed by atoms with Crippen LogP contribution in [0.25, 0.3) is 0 Å². The van der Waals surface area contributed by atoms with Crippen LogP contribution in [-0.2, 0) is 6.42 Å². The molecular formula is C13H21NO3. The molecule has 0 bridgehead atoms. The highest BCUT2D eigenvalue weighted by Gasteiger charge is 2.12. The standard InChI is InChI=1S/C13H21NO3/c1-14(2)7-5-6-11-12(16-3)8-10(15)9-13(11)17-4/h8-9,15H,5-7H2,1-4H3. The summed E-state index contributed by atoms with van der Waals surface area (Å²) in [5.74, 6) is 1.52. The molecule has 1 aromatic carbocycles. The van der Waals surface area contributed by atoms with Crippen LogP contribution < -0.4 is 9.47 Å². The van der Waals surface area contributed by atoms with E-state index in [4.69, 9.17) is 9.47 Å². The first-order chi connectivity index (χ1) is 8.08. The second-order valence-corrected chi connectivity index (χ2v) is 4.24. The van der Waals surface area contributed by atoms with E-state index in [1.54, 1.807) is 26.4 Å². The second-order valence-electron chi connectivity index (χ2n) is 4.24. The Morgan fingerprint density at radius 2 is 1.65 bits per heavy atom. The maximum atomic E-state index is 9.53. The molecule has 0 radical (unpaired) electrons. The smallest absolute Gasteiger partial charge is 0.129 e. The first-order valence-corrected chi connectivity index (χ1v) is 5.67. The summed E-state index contributed by atoms with van der Waals surface area (Å²) in [5, 5.41) is 9.53. The molecular weight excluding hydrogens is 218 g/mol. The molecule has 0 atom stereocenters. The van der Waals surface area contributed by atoms with Crippen molar-refractivity contribution in [3.8, 4) is 17.2 Å². The quantitative estimate of drug-likeness (QED) is 0.823. The molecule has 0 aliphatic heterocycles. The summed E-state index contributed by atoms with van der Waals surface area (Å²) in [6.45, 7) is 1.01. The zero-order chi connectivity index (χ0) is 12.8. The van der Waals surface area contributed by atoms with Gasteiger partial charge < -0.3 is 19.5 Å². The molecule has 17 heavy (non-hydrogen) atoms. The van der Waals surface area contributed by atoms with E-state index in [1.807, 2.05) is 14.1 Å². The molecule has 0 spiro atoms. The summed E-state index contributed by atoms with van der Waals surface area (Å²) in [7, 11) is 7.30. The molecule has 4 nitrogen and oxygen atoms in total. The highest BCUT2D eigenvalue weighted by Crippen LogP contribution is 2.34. The van der Waals surface area contributed by atoms with Crippen LogP contribution in [0.2, 0.25) is 0 Å². The zero-order valence-electron chi connectivity index (χ0n) is 11.0. The fourth-order valence-corrected chi connectivity index (χ4v) is 1.79. The van der Waals surface area contributed by atoms with Gasteiger partial charge >= 0.3 is 0 Å². The lowest BCUT2D eigenvalue weighted by Crippen LogP contribution is -2.13. The van der Waals surface area contributed by atoms with E-state index in [1.165, 1.54) is 0 Å². The van der Waals surface area contributed by atoms with Gasteiger partial charge in [-0.1, -0.05) is 0 Å².